The molecule has 0 saturated carbocycles. The minimum absolute atomic E-state index is 0.189. The Balaban J connectivity index is 3.58. The highest BCUT2D eigenvalue weighted by atomic mass is 16.3. The molecule has 0 saturated heterocycles. The Morgan fingerprint density at radius 3 is 2.56 bits per heavy atom. The summed E-state index contributed by atoms with van der Waals surface area (Å²) in [7, 11) is 0. The van der Waals surface area contributed by atoms with Gasteiger partial charge in [-0.1, -0.05) is 12.2 Å². The van der Waals surface area contributed by atoms with Crippen molar-refractivity contribution in [2.24, 2.45) is 5.73 Å². The predicted octanol–water partition coefficient (Wildman–Crippen LogP) is -0.757. The first-order valence-corrected chi connectivity index (χ1v) is 2.89. The minimum Gasteiger partial charge on any atom is -0.395 e. The third-order valence-corrected chi connectivity index (χ3v) is 1.04. The van der Waals surface area contributed by atoms with E-state index in [-0.39, 0.29) is 6.61 Å². The number of allylic oxidation sites excluding steroid dienone is 1. The Labute approximate surface area is 54.8 Å². The first-order valence-electron chi connectivity index (χ1n) is 2.89. The molecule has 9 heavy (non-hydrogen) atoms. The zero-order valence-electron chi connectivity index (χ0n) is 5.49. The lowest BCUT2D eigenvalue weighted by Crippen LogP contribution is -2.36. The largest absolute Gasteiger partial charge is 0.395 e. The van der Waals surface area contributed by atoms with Gasteiger partial charge >= 0.3 is 0 Å². The average Bonchev–Trinajstić information content (AvgIpc) is 1.87. The van der Waals surface area contributed by atoms with E-state index in [9.17, 15) is 0 Å². The first kappa shape index (κ1) is 8.62. The molecule has 3 nitrogen and oxygen atoms in total. The molecule has 3 heteroatoms. The highest BCUT2D eigenvalue weighted by molar-refractivity contribution is 4.91. The van der Waals surface area contributed by atoms with E-state index < -0.39 is 12.1 Å². The molecule has 0 spiro atoms. The fraction of sp³-hybridized carbons (Fsp3) is 0.667. The average molecular weight is 131 g/mol. The fourth-order valence-electron chi connectivity index (χ4n) is 0.448. The Hall–Kier alpha value is -0.380. The van der Waals surface area contributed by atoms with Crippen molar-refractivity contribution in [2.45, 2.75) is 19.1 Å². The molecule has 0 fully saturated rings. The quantitative estimate of drug-likeness (QED) is 0.441. The van der Waals surface area contributed by atoms with Crippen LogP contribution in [0.5, 0.6) is 0 Å². The Bertz CT molecular complexity index is 93.1. The summed E-state index contributed by atoms with van der Waals surface area (Å²) in [6, 6.07) is -0.554. The molecule has 0 aromatic carbocycles. The molecule has 0 radical (unpaired) electrons. The van der Waals surface area contributed by atoms with Crippen LogP contribution in [-0.4, -0.2) is 29.0 Å². The molecule has 0 unspecified atom stereocenters. The lowest BCUT2D eigenvalue weighted by atomic mass is 10.2. The summed E-state index contributed by atoms with van der Waals surface area (Å²) in [5.74, 6) is 0. The molecule has 0 aromatic heterocycles. The molecular weight excluding hydrogens is 118 g/mol. The van der Waals surface area contributed by atoms with Crippen molar-refractivity contribution in [1.82, 2.24) is 0 Å². The molecule has 0 aromatic rings. The molecule has 54 valence electrons. The van der Waals surface area contributed by atoms with E-state index in [0.29, 0.717) is 0 Å². The summed E-state index contributed by atoms with van der Waals surface area (Å²) in [5.41, 5.74) is 5.25. The van der Waals surface area contributed by atoms with E-state index in [0.717, 1.165) is 0 Å². The number of hydrogen-bond donors (Lipinski definition) is 3. The van der Waals surface area contributed by atoms with Gasteiger partial charge in [0.05, 0.1) is 18.8 Å². The van der Waals surface area contributed by atoms with Gasteiger partial charge in [-0.25, -0.2) is 0 Å². The Kier molecular flexibility index (Phi) is 4.30. The number of hydrogen-bond acceptors (Lipinski definition) is 3. The van der Waals surface area contributed by atoms with Crippen molar-refractivity contribution in [3.8, 4) is 0 Å². The van der Waals surface area contributed by atoms with Crippen LogP contribution in [0.3, 0.4) is 0 Å². The monoisotopic (exact) mass is 131 g/mol. The maximum absolute atomic E-state index is 8.95. The maximum Gasteiger partial charge on any atom is 0.0894 e. The molecule has 0 aliphatic carbocycles. The van der Waals surface area contributed by atoms with Crippen LogP contribution < -0.4 is 5.73 Å². The number of aliphatic hydroxyl groups excluding tert-OH is 2. The van der Waals surface area contributed by atoms with Gasteiger partial charge in [0, 0.05) is 0 Å². The highest BCUT2D eigenvalue weighted by Crippen LogP contribution is 1.90. The van der Waals surface area contributed by atoms with Gasteiger partial charge in [0.1, 0.15) is 0 Å². The minimum atomic E-state index is -0.722. The third-order valence-electron chi connectivity index (χ3n) is 1.04. The molecule has 4 N–H and O–H groups in total. The number of nitrogens with two attached hydrogens (primary N) is 1. The second-order valence-corrected chi connectivity index (χ2v) is 1.86. The summed E-state index contributed by atoms with van der Waals surface area (Å²) >= 11 is 0. The van der Waals surface area contributed by atoms with Gasteiger partial charge in [0.25, 0.3) is 0 Å². The lowest BCUT2D eigenvalue weighted by molar-refractivity contribution is 0.144. The first-order chi connectivity index (χ1) is 4.22. The Morgan fingerprint density at radius 2 is 2.22 bits per heavy atom. The van der Waals surface area contributed by atoms with Crippen molar-refractivity contribution in [3.63, 3.8) is 0 Å². The second kappa shape index (κ2) is 4.49. The van der Waals surface area contributed by atoms with Crippen molar-refractivity contribution in [3.05, 3.63) is 12.2 Å². The van der Waals surface area contributed by atoms with Crippen molar-refractivity contribution in [1.29, 1.82) is 0 Å². The Morgan fingerprint density at radius 1 is 1.67 bits per heavy atom. The highest BCUT2D eigenvalue weighted by Gasteiger charge is 2.07. The van der Waals surface area contributed by atoms with Crippen molar-refractivity contribution in [2.75, 3.05) is 6.61 Å². The SMILES string of the molecule is C/C=C/[C@H](O)[C@H](N)CO. The summed E-state index contributed by atoms with van der Waals surface area (Å²) in [5, 5.41) is 17.4. The molecular formula is C6H13NO2. The molecule has 0 rings (SSSR count). The van der Waals surface area contributed by atoms with Gasteiger partial charge in [-0.15, -0.1) is 0 Å². The summed E-state index contributed by atoms with van der Waals surface area (Å²) < 4.78 is 0. The predicted molar refractivity (Wildman–Crippen MR) is 35.9 cm³/mol. The van der Waals surface area contributed by atoms with Crippen LogP contribution in [0, 0.1) is 0 Å². The normalized spacial score (nSPS) is 18.2. The summed E-state index contributed by atoms with van der Waals surface area (Å²) in [4.78, 5) is 0. The van der Waals surface area contributed by atoms with E-state index in [1.165, 1.54) is 0 Å². The molecule has 0 bridgehead atoms. The van der Waals surface area contributed by atoms with Gasteiger partial charge in [-0.2, -0.15) is 0 Å². The van der Waals surface area contributed by atoms with Crippen LogP contribution in [0.2, 0.25) is 0 Å². The van der Waals surface area contributed by atoms with Gasteiger partial charge in [0.2, 0.25) is 0 Å². The van der Waals surface area contributed by atoms with E-state index >= 15 is 0 Å². The number of rotatable bonds is 3. The summed E-state index contributed by atoms with van der Waals surface area (Å²) in [6.07, 6.45) is 2.51. The van der Waals surface area contributed by atoms with Crippen LogP contribution in [0.1, 0.15) is 6.92 Å². The maximum atomic E-state index is 8.95. The van der Waals surface area contributed by atoms with Crippen molar-refractivity contribution < 1.29 is 10.2 Å². The van der Waals surface area contributed by atoms with Crippen LogP contribution in [0.4, 0.5) is 0 Å². The van der Waals surface area contributed by atoms with E-state index in [1.54, 1.807) is 19.1 Å². The molecule has 0 heterocycles. The smallest absolute Gasteiger partial charge is 0.0894 e. The van der Waals surface area contributed by atoms with Crippen LogP contribution in [0.15, 0.2) is 12.2 Å². The van der Waals surface area contributed by atoms with Gasteiger partial charge in [-0.05, 0) is 6.92 Å². The van der Waals surface area contributed by atoms with Crippen LogP contribution >= 0.6 is 0 Å². The molecule has 0 amide bonds. The topological polar surface area (TPSA) is 66.5 Å². The van der Waals surface area contributed by atoms with E-state index in [1.807, 2.05) is 0 Å². The third kappa shape index (κ3) is 3.24. The standard InChI is InChI=1S/C6H13NO2/c1-2-3-6(9)5(7)4-8/h2-3,5-6,8-9H,4,7H2,1H3/b3-2+/t5-,6+/m1/s1. The summed E-state index contributed by atoms with van der Waals surface area (Å²) in [6.45, 7) is 1.60. The van der Waals surface area contributed by atoms with Gasteiger partial charge < -0.3 is 15.9 Å². The van der Waals surface area contributed by atoms with Crippen molar-refractivity contribution >= 4 is 0 Å². The van der Waals surface area contributed by atoms with Gasteiger partial charge in [-0.3, -0.25) is 0 Å². The number of aliphatic hydroxyl groups is 2. The zero-order valence-corrected chi connectivity index (χ0v) is 5.49. The van der Waals surface area contributed by atoms with Crippen LogP contribution in [-0.2, 0) is 0 Å². The van der Waals surface area contributed by atoms with Crippen LogP contribution in [0.25, 0.3) is 0 Å². The lowest BCUT2D eigenvalue weighted by Gasteiger charge is -2.10. The molecule has 0 aliphatic heterocycles. The fourth-order valence-corrected chi connectivity index (χ4v) is 0.448. The molecule has 2 atom stereocenters. The second-order valence-electron chi connectivity index (χ2n) is 1.86. The van der Waals surface area contributed by atoms with E-state index in [4.69, 9.17) is 15.9 Å². The van der Waals surface area contributed by atoms with E-state index in [2.05, 4.69) is 0 Å². The zero-order chi connectivity index (χ0) is 7.28. The molecule has 0 aliphatic rings. The van der Waals surface area contributed by atoms with Gasteiger partial charge in [0.15, 0.2) is 0 Å².